The number of pyridine rings is 1. The van der Waals surface area contributed by atoms with E-state index in [9.17, 15) is 22.0 Å². The van der Waals surface area contributed by atoms with Crippen LogP contribution in [0, 0.1) is 11.3 Å². The number of H-pyrrole nitrogens is 1. The lowest BCUT2D eigenvalue weighted by atomic mass is 9.81. The Bertz CT molecular complexity index is 1490. The highest BCUT2D eigenvalue weighted by molar-refractivity contribution is 5.94. The fraction of sp³-hybridized carbons (Fsp3) is 0.400. The summed E-state index contributed by atoms with van der Waals surface area (Å²) >= 11 is 0. The van der Waals surface area contributed by atoms with Gasteiger partial charge in [0.2, 0.25) is 11.9 Å². The molecule has 7 nitrogen and oxygen atoms in total. The molecule has 2 fully saturated rings. The number of anilines is 1. The van der Waals surface area contributed by atoms with Crippen LogP contribution in [0.4, 0.5) is 27.9 Å². The molecule has 37 heavy (non-hydrogen) atoms. The topological polar surface area (TPSA) is 82.9 Å². The molecule has 4 aromatic rings. The predicted octanol–water partition coefficient (Wildman–Crippen LogP) is 5.63. The van der Waals surface area contributed by atoms with Gasteiger partial charge in [-0.3, -0.25) is 0 Å². The Morgan fingerprint density at radius 1 is 1.22 bits per heavy atom. The zero-order valence-electron chi connectivity index (χ0n) is 19.7. The second-order valence-electron chi connectivity index (χ2n) is 10.1. The molecule has 12 heteroatoms. The molecule has 3 N–H and O–H groups in total. The maximum Gasteiger partial charge on any atom is 0.396 e. The standard InChI is InChI=1S/C25H24F5N7/c1-14(31-9-15-7-24(26,27)8-15)17-12-35-37-5-2-16(6-20(17)37)18-10-32-21-19(18)11-33-22(36-21)34-13-23(3-4-23)25(28,29)30/h2,5-6,10-12,15,31H,1,3-4,7-9,13H2,(H2,32,33,34,36). The summed E-state index contributed by atoms with van der Waals surface area (Å²) in [6.07, 6.45) is 2.56. The molecule has 6 rings (SSSR count). The minimum absolute atomic E-state index is 0.0852. The summed E-state index contributed by atoms with van der Waals surface area (Å²) < 4.78 is 67.5. The van der Waals surface area contributed by atoms with Crippen molar-refractivity contribution in [3.63, 3.8) is 0 Å². The highest BCUT2D eigenvalue weighted by Crippen LogP contribution is 2.57. The highest BCUT2D eigenvalue weighted by atomic mass is 19.4. The third-order valence-electron chi connectivity index (χ3n) is 7.41. The lowest BCUT2D eigenvalue weighted by molar-refractivity contribution is -0.182. The molecule has 0 unspecified atom stereocenters. The van der Waals surface area contributed by atoms with E-state index in [0.29, 0.717) is 17.9 Å². The number of aromatic nitrogens is 5. The summed E-state index contributed by atoms with van der Waals surface area (Å²) in [5, 5.41) is 11.0. The van der Waals surface area contributed by atoms with Crippen molar-refractivity contribution < 1.29 is 22.0 Å². The first-order valence-corrected chi connectivity index (χ1v) is 12.0. The zero-order chi connectivity index (χ0) is 26.0. The molecule has 194 valence electrons. The minimum Gasteiger partial charge on any atom is -0.385 e. The molecule has 4 heterocycles. The van der Waals surface area contributed by atoms with Crippen molar-refractivity contribution in [1.29, 1.82) is 0 Å². The molecule has 0 aromatic carbocycles. The number of fused-ring (bicyclic) bond motifs is 2. The molecule has 0 bridgehead atoms. The summed E-state index contributed by atoms with van der Waals surface area (Å²) in [5.74, 6) is -2.51. The first kappa shape index (κ1) is 23.7. The van der Waals surface area contributed by atoms with Gasteiger partial charge in [-0.2, -0.15) is 23.3 Å². The molecule has 4 aromatic heterocycles. The van der Waals surface area contributed by atoms with E-state index in [1.54, 1.807) is 29.3 Å². The molecule has 0 saturated heterocycles. The van der Waals surface area contributed by atoms with Gasteiger partial charge in [-0.25, -0.2) is 18.3 Å². The van der Waals surface area contributed by atoms with Crippen molar-refractivity contribution in [2.75, 3.05) is 18.4 Å². The molecule has 0 radical (unpaired) electrons. The Morgan fingerprint density at radius 3 is 2.70 bits per heavy atom. The fourth-order valence-electron chi connectivity index (χ4n) is 4.86. The number of halogens is 5. The SMILES string of the molecule is C=C(NCC1CC(F)(F)C1)c1cnn2ccc(-c3c[nH]c4nc(NCC5(C(F)(F)F)CC5)ncc34)cc12. The normalized spacial score (nSPS) is 18.6. The molecule has 0 aliphatic heterocycles. The van der Waals surface area contributed by atoms with E-state index in [0.717, 1.165) is 27.6 Å². The van der Waals surface area contributed by atoms with Crippen LogP contribution in [0.25, 0.3) is 33.4 Å². The summed E-state index contributed by atoms with van der Waals surface area (Å²) in [6, 6.07) is 3.81. The lowest BCUT2D eigenvalue weighted by Gasteiger charge is -2.35. The summed E-state index contributed by atoms with van der Waals surface area (Å²) in [6.45, 7) is 4.23. The second kappa shape index (κ2) is 8.15. The van der Waals surface area contributed by atoms with Crippen molar-refractivity contribution in [3.05, 3.63) is 49.1 Å². The molecular formula is C25H24F5N7. The Morgan fingerprint density at radius 2 is 2.00 bits per heavy atom. The van der Waals surface area contributed by atoms with Crippen molar-refractivity contribution >= 4 is 28.2 Å². The van der Waals surface area contributed by atoms with Gasteiger partial charge in [0.25, 0.3) is 0 Å². The van der Waals surface area contributed by atoms with Crippen LogP contribution < -0.4 is 10.6 Å². The Kier molecular flexibility index (Phi) is 5.22. The highest BCUT2D eigenvalue weighted by Gasteiger charge is 2.63. The quantitative estimate of drug-likeness (QED) is 0.264. The van der Waals surface area contributed by atoms with Gasteiger partial charge in [-0.1, -0.05) is 6.58 Å². The number of rotatable bonds is 8. The van der Waals surface area contributed by atoms with Gasteiger partial charge in [0.1, 0.15) is 5.65 Å². The van der Waals surface area contributed by atoms with E-state index in [4.69, 9.17) is 0 Å². The van der Waals surface area contributed by atoms with Crippen LogP contribution in [-0.2, 0) is 0 Å². The monoisotopic (exact) mass is 517 g/mol. The average molecular weight is 518 g/mol. The van der Waals surface area contributed by atoms with Crippen LogP contribution in [0.5, 0.6) is 0 Å². The van der Waals surface area contributed by atoms with Crippen LogP contribution in [0.3, 0.4) is 0 Å². The van der Waals surface area contributed by atoms with Crippen LogP contribution >= 0.6 is 0 Å². The maximum absolute atomic E-state index is 13.2. The Hall–Kier alpha value is -3.70. The summed E-state index contributed by atoms with van der Waals surface area (Å²) in [4.78, 5) is 11.7. The van der Waals surface area contributed by atoms with Crippen molar-refractivity contribution in [3.8, 4) is 11.1 Å². The van der Waals surface area contributed by atoms with Gasteiger partial charge in [-0.05, 0) is 36.5 Å². The van der Waals surface area contributed by atoms with Crippen molar-refractivity contribution in [2.24, 2.45) is 11.3 Å². The number of alkyl halides is 5. The van der Waals surface area contributed by atoms with Crippen LogP contribution in [0.1, 0.15) is 31.2 Å². The van der Waals surface area contributed by atoms with Gasteiger partial charge >= 0.3 is 6.18 Å². The molecule has 0 atom stereocenters. The maximum atomic E-state index is 13.2. The average Bonchev–Trinajstić information content (AvgIpc) is 3.35. The number of nitrogens with zero attached hydrogens (tertiary/aromatic N) is 4. The second-order valence-corrected chi connectivity index (χ2v) is 10.1. The molecule has 2 saturated carbocycles. The Balaban J connectivity index is 1.20. The van der Waals surface area contributed by atoms with E-state index in [1.165, 1.54) is 0 Å². The fourth-order valence-corrected chi connectivity index (χ4v) is 4.86. The summed E-state index contributed by atoms with van der Waals surface area (Å²) in [7, 11) is 0. The van der Waals surface area contributed by atoms with Gasteiger partial charge < -0.3 is 15.6 Å². The first-order valence-electron chi connectivity index (χ1n) is 12.0. The molecule has 0 spiro atoms. The zero-order valence-corrected chi connectivity index (χ0v) is 19.7. The molecule has 0 amide bonds. The number of hydrogen-bond acceptors (Lipinski definition) is 5. The van der Waals surface area contributed by atoms with Gasteiger partial charge in [0, 0.05) is 66.7 Å². The van der Waals surface area contributed by atoms with Gasteiger partial charge in [-0.15, -0.1) is 0 Å². The van der Waals surface area contributed by atoms with Crippen molar-refractivity contribution in [1.82, 2.24) is 29.9 Å². The smallest absolute Gasteiger partial charge is 0.385 e. The first-order chi connectivity index (χ1) is 17.5. The van der Waals surface area contributed by atoms with Crippen LogP contribution in [0.2, 0.25) is 0 Å². The van der Waals surface area contributed by atoms with Crippen LogP contribution in [-0.4, -0.2) is 49.8 Å². The summed E-state index contributed by atoms with van der Waals surface area (Å²) in [5.41, 5.74) is 2.63. The van der Waals surface area contributed by atoms with Gasteiger partial charge in [0.15, 0.2) is 0 Å². The van der Waals surface area contributed by atoms with E-state index < -0.39 is 17.5 Å². The number of nitrogens with one attached hydrogen (secondary N) is 3. The number of aromatic amines is 1. The minimum atomic E-state index is -4.25. The molecule has 2 aliphatic rings. The van der Waals surface area contributed by atoms with Crippen LogP contribution in [0.15, 0.2) is 43.5 Å². The third-order valence-corrected chi connectivity index (χ3v) is 7.41. The van der Waals surface area contributed by atoms with E-state index >= 15 is 0 Å². The molecular weight excluding hydrogens is 493 g/mol. The Labute approximate surface area is 208 Å². The van der Waals surface area contributed by atoms with E-state index in [1.807, 2.05) is 12.1 Å². The predicted molar refractivity (Wildman–Crippen MR) is 129 cm³/mol. The number of hydrogen-bond donors (Lipinski definition) is 3. The third kappa shape index (κ3) is 4.27. The largest absolute Gasteiger partial charge is 0.396 e. The lowest BCUT2D eigenvalue weighted by Crippen LogP contribution is -2.40. The van der Waals surface area contributed by atoms with Gasteiger partial charge in [0.05, 0.1) is 17.1 Å². The van der Waals surface area contributed by atoms with E-state index in [-0.39, 0.29) is 44.1 Å². The molecule has 2 aliphatic carbocycles. The van der Waals surface area contributed by atoms with Crippen molar-refractivity contribution in [2.45, 2.75) is 37.8 Å². The van der Waals surface area contributed by atoms with E-state index in [2.05, 4.69) is 37.3 Å².